The van der Waals surface area contributed by atoms with Crippen LogP contribution in [-0.4, -0.2) is 39.5 Å². The molecule has 10 heteroatoms. The molecule has 1 amide bonds. The zero-order valence-corrected chi connectivity index (χ0v) is 19.4. The molecule has 0 radical (unpaired) electrons. The number of esters is 1. The van der Waals surface area contributed by atoms with Crippen LogP contribution in [0.25, 0.3) is 0 Å². The number of amides is 1. The van der Waals surface area contributed by atoms with Crippen LogP contribution in [0, 0.1) is 11.8 Å². The van der Waals surface area contributed by atoms with E-state index >= 15 is 0 Å². The lowest BCUT2D eigenvalue weighted by molar-refractivity contribution is -0.139. The van der Waals surface area contributed by atoms with E-state index in [1.54, 1.807) is 30.4 Å². The first-order valence-corrected chi connectivity index (χ1v) is 13.2. The zero-order chi connectivity index (χ0) is 21.3. The molecule has 3 aliphatic rings. The Balaban J connectivity index is 1.44. The molecule has 7 nitrogen and oxygen atoms in total. The first-order valence-electron chi connectivity index (χ1n) is 10.2. The molecule has 0 aromatic carbocycles. The highest BCUT2D eigenvalue weighted by atomic mass is 32.2. The van der Waals surface area contributed by atoms with Crippen molar-refractivity contribution in [1.82, 2.24) is 15.3 Å². The van der Waals surface area contributed by atoms with Gasteiger partial charge in [-0.15, -0.1) is 11.8 Å². The summed E-state index contributed by atoms with van der Waals surface area (Å²) in [6.45, 7) is 4.34. The summed E-state index contributed by atoms with van der Waals surface area (Å²) in [6.07, 6.45) is 3.06. The van der Waals surface area contributed by atoms with E-state index in [0.29, 0.717) is 39.3 Å². The summed E-state index contributed by atoms with van der Waals surface area (Å²) >= 11 is 4.46. The minimum absolute atomic E-state index is 0.112. The molecule has 4 rings (SSSR count). The van der Waals surface area contributed by atoms with Crippen LogP contribution in [0.2, 0.25) is 0 Å². The number of nitrogens with one attached hydrogen (secondary N) is 2. The third-order valence-electron chi connectivity index (χ3n) is 5.59. The minimum Gasteiger partial charge on any atom is -0.463 e. The number of aromatic nitrogens is 2. The number of rotatable bonds is 6. The fourth-order valence-electron chi connectivity index (χ4n) is 4.13. The van der Waals surface area contributed by atoms with Gasteiger partial charge in [-0.3, -0.25) is 9.59 Å². The number of aromatic amines is 1. The van der Waals surface area contributed by atoms with Gasteiger partial charge in [0.2, 0.25) is 5.91 Å². The molecule has 1 aromatic rings. The summed E-state index contributed by atoms with van der Waals surface area (Å²) in [4.78, 5) is 44.6. The van der Waals surface area contributed by atoms with Crippen molar-refractivity contribution in [3.63, 3.8) is 0 Å². The normalized spacial score (nSPS) is 25.1. The molecular formula is C20H25N3O4S3. The van der Waals surface area contributed by atoms with Gasteiger partial charge in [-0.1, -0.05) is 25.1 Å². The van der Waals surface area contributed by atoms with Gasteiger partial charge in [0.1, 0.15) is 0 Å². The van der Waals surface area contributed by atoms with Crippen molar-refractivity contribution in [3.05, 3.63) is 32.2 Å². The highest BCUT2D eigenvalue weighted by Gasteiger charge is 2.43. The van der Waals surface area contributed by atoms with Gasteiger partial charge in [-0.25, -0.2) is 9.78 Å². The molecule has 2 N–H and O–H groups in total. The Hall–Kier alpha value is -1.39. The lowest BCUT2D eigenvalue weighted by Crippen LogP contribution is -2.28. The molecule has 2 aliphatic heterocycles. The van der Waals surface area contributed by atoms with Gasteiger partial charge in [0.15, 0.2) is 5.16 Å². The molecule has 0 bridgehead atoms. The van der Waals surface area contributed by atoms with Gasteiger partial charge < -0.3 is 15.0 Å². The van der Waals surface area contributed by atoms with Crippen LogP contribution in [0.15, 0.2) is 20.6 Å². The molecule has 1 saturated carbocycles. The monoisotopic (exact) mass is 467 g/mol. The summed E-state index contributed by atoms with van der Waals surface area (Å²) in [5, 5.41) is 4.33. The molecule has 0 saturated heterocycles. The Bertz CT molecular complexity index is 946. The Morgan fingerprint density at radius 1 is 1.33 bits per heavy atom. The molecule has 1 fully saturated rings. The maximum atomic E-state index is 12.6. The Kier molecular flexibility index (Phi) is 6.84. The summed E-state index contributed by atoms with van der Waals surface area (Å²) in [7, 11) is 0. The van der Waals surface area contributed by atoms with Crippen molar-refractivity contribution in [2.75, 3.05) is 12.4 Å². The average molecular weight is 468 g/mol. The number of fused-ring (bicyclic) bond motifs is 2. The van der Waals surface area contributed by atoms with Crippen molar-refractivity contribution in [2.45, 2.75) is 55.0 Å². The van der Waals surface area contributed by atoms with Crippen LogP contribution < -0.4 is 10.9 Å². The Labute approximate surface area is 188 Å². The molecule has 1 aliphatic carbocycles. The van der Waals surface area contributed by atoms with Crippen molar-refractivity contribution < 1.29 is 14.3 Å². The Morgan fingerprint density at radius 2 is 2.17 bits per heavy atom. The third kappa shape index (κ3) is 4.60. The molecular weight excluding hydrogens is 442 g/mol. The molecule has 3 heterocycles. The predicted octanol–water partition coefficient (Wildman–Crippen LogP) is 3.05. The van der Waals surface area contributed by atoms with E-state index in [-0.39, 0.29) is 29.1 Å². The summed E-state index contributed by atoms with van der Waals surface area (Å²) in [5.41, 5.74) is 2.05. The quantitative estimate of drug-likeness (QED) is 0.374. The highest BCUT2D eigenvalue weighted by Crippen LogP contribution is 2.49. The van der Waals surface area contributed by atoms with Crippen LogP contribution in [0.3, 0.4) is 0 Å². The van der Waals surface area contributed by atoms with Crippen molar-refractivity contribution in [2.24, 2.45) is 11.8 Å². The second kappa shape index (κ2) is 9.40. The lowest BCUT2D eigenvalue weighted by Gasteiger charge is -2.29. The van der Waals surface area contributed by atoms with Gasteiger partial charge in [-0.2, -0.15) is 11.8 Å². The zero-order valence-electron chi connectivity index (χ0n) is 17.0. The van der Waals surface area contributed by atoms with Crippen LogP contribution in [0.4, 0.5) is 0 Å². The standard InChI is InChI=1S/C20H25N3O4S3/c1-3-27-19(26)16-11-5-4-10(2)6-14(11)30-18(16)22-15(24)9-29-20-21-13-8-28-7-12(13)17(25)23-20/h10-11,14H,3-9H2,1-2H3,(H,22,24)(H,21,23,25). The predicted molar refractivity (Wildman–Crippen MR) is 120 cm³/mol. The number of hydrogen-bond acceptors (Lipinski definition) is 8. The summed E-state index contributed by atoms with van der Waals surface area (Å²) in [6, 6.07) is 0. The lowest BCUT2D eigenvalue weighted by atomic mass is 9.79. The first kappa shape index (κ1) is 21.8. The van der Waals surface area contributed by atoms with Crippen LogP contribution in [0.1, 0.15) is 44.4 Å². The van der Waals surface area contributed by atoms with Gasteiger partial charge >= 0.3 is 5.97 Å². The SMILES string of the molecule is CCOC(=O)C1=C(NC(=O)CSc2nc3c(c(=O)[nH]2)CSC3)SC2CC(C)CCC12. The fourth-order valence-corrected chi connectivity index (χ4v) is 7.54. The number of thioether (sulfide) groups is 3. The largest absolute Gasteiger partial charge is 0.463 e. The summed E-state index contributed by atoms with van der Waals surface area (Å²) in [5.74, 6) is 1.75. The fraction of sp³-hybridized carbons (Fsp3) is 0.600. The molecule has 3 atom stereocenters. The third-order valence-corrected chi connectivity index (χ3v) is 8.82. The van der Waals surface area contributed by atoms with E-state index in [2.05, 4.69) is 22.2 Å². The van der Waals surface area contributed by atoms with E-state index in [1.807, 2.05) is 0 Å². The number of H-pyrrole nitrogens is 1. The number of hydrogen-bond donors (Lipinski definition) is 2. The van der Waals surface area contributed by atoms with Crippen LogP contribution in [0.5, 0.6) is 0 Å². The molecule has 30 heavy (non-hydrogen) atoms. The number of nitrogens with zero attached hydrogens (tertiary/aromatic N) is 1. The minimum atomic E-state index is -0.322. The highest BCUT2D eigenvalue weighted by molar-refractivity contribution is 8.04. The van der Waals surface area contributed by atoms with Gasteiger partial charge in [0.25, 0.3) is 5.56 Å². The van der Waals surface area contributed by atoms with E-state index in [1.165, 1.54) is 11.8 Å². The van der Waals surface area contributed by atoms with Crippen molar-refractivity contribution in [3.8, 4) is 0 Å². The van der Waals surface area contributed by atoms with Crippen molar-refractivity contribution >= 4 is 47.2 Å². The van der Waals surface area contributed by atoms with E-state index in [4.69, 9.17) is 4.74 Å². The first-order chi connectivity index (χ1) is 14.5. The topological polar surface area (TPSA) is 101 Å². The second-order valence-corrected chi connectivity index (χ2v) is 11.0. The number of ether oxygens (including phenoxy) is 1. The van der Waals surface area contributed by atoms with Crippen LogP contribution in [-0.2, 0) is 25.8 Å². The van der Waals surface area contributed by atoms with Gasteiger partial charge in [0.05, 0.1) is 28.7 Å². The van der Waals surface area contributed by atoms with Crippen molar-refractivity contribution in [1.29, 1.82) is 0 Å². The molecule has 3 unspecified atom stereocenters. The molecule has 162 valence electrons. The van der Waals surface area contributed by atoms with E-state index in [0.717, 1.165) is 36.3 Å². The average Bonchev–Trinajstić information content (AvgIpc) is 3.30. The maximum Gasteiger partial charge on any atom is 0.336 e. The molecule has 1 aromatic heterocycles. The number of carbonyl (C=O) groups excluding carboxylic acids is 2. The second-order valence-electron chi connectivity index (χ2n) is 7.77. The molecule has 0 spiro atoms. The smallest absolute Gasteiger partial charge is 0.336 e. The van der Waals surface area contributed by atoms with Gasteiger partial charge in [-0.05, 0) is 25.7 Å². The van der Waals surface area contributed by atoms with E-state index < -0.39 is 0 Å². The van der Waals surface area contributed by atoms with Crippen LogP contribution >= 0.6 is 35.3 Å². The van der Waals surface area contributed by atoms with Gasteiger partial charge in [0, 0.05) is 28.2 Å². The van der Waals surface area contributed by atoms with E-state index in [9.17, 15) is 14.4 Å². The summed E-state index contributed by atoms with van der Waals surface area (Å²) < 4.78 is 5.28. The number of carbonyl (C=O) groups is 2. The maximum absolute atomic E-state index is 12.6. The Morgan fingerprint density at radius 3 is 2.97 bits per heavy atom.